The van der Waals surface area contributed by atoms with Gasteiger partial charge in [-0.15, -0.1) is 0 Å². The zero-order valence-electron chi connectivity index (χ0n) is 15.9. The summed E-state index contributed by atoms with van der Waals surface area (Å²) in [6.45, 7) is -4.66. The van der Waals surface area contributed by atoms with Gasteiger partial charge in [0.25, 0.3) is 0 Å². The minimum atomic E-state index is -3.18. The van der Waals surface area contributed by atoms with E-state index >= 15 is 0 Å². The Kier molecular flexibility index (Phi) is 6.58. The van der Waals surface area contributed by atoms with E-state index in [1.165, 1.54) is 12.1 Å². The number of amides is 1. The van der Waals surface area contributed by atoms with Gasteiger partial charge in [0.2, 0.25) is 11.8 Å². The zero-order chi connectivity index (χ0) is 21.7. The smallest absolute Gasteiger partial charge is 0.387 e. The number of carbonyl (C=O) groups is 1. The summed E-state index contributed by atoms with van der Waals surface area (Å²) in [6, 6.07) is 3.28. The lowest BCUT2D eigenvalue weighted by Crippen LogP contribution is -2.44. The quantitative estimate of drug-likeness (QED) is 0.501. The molecule has 1 fully saturated rings. The summed E-state index contributed by atoms with van der Waals surface area (Å²) in [5.74, 6) is -0.498. The number of carbonyl (C=O) groups excluding carboxylic acids is 1. The Morgan fingerprint density at radius 2 is 1.90 bits per heavy atom. The van der Waals surface area contributed by atoms with Crippen molar-refractivity contribution in [2.45, 2.75) is 51.4 Å². The van der Waals surface area contributed by atoms with Crippen LogP contribution in [0.5, 0.6) is 11.5 Å². The summed E-state index contributed by atoms with van der Waals surface area (Å²) in [7, 11) is 0. The first-order chi connectivity index (χ1) is 14.3. The summed E-state index contributed by atoms with van der Waals surface area (Å²) in [5, 5.41) is 6.78. The van der Waals surface area contributed by atoms with Gasteiger partial charge in [-0.25, -0.2) is 0 Å². The minimum absolute atomic E-state index is 0.0861. The molecule has 7 nitrogen and oxygen atoms in total. The molecule has 0 aliphatic heterocycles. The summed E-state index contributed by atoms with van der Waals surface area (Å²) in [4.78, 5) is 16.7. The Morgan fingerprint density at radius 3 is 2.50 bits per heavy atom. The number of nitrogens with one attached hydrogen (secondary N) is 1. The van der Waals surface area contributed by atoms with E-state index in [1.807, 2.05) is 0 Å². The molecule has 0 saturated heterocycles. The van der Waals surface area contributed by atoms with Gasteiger partial charge < -0.3 is 19.3 Å². The van der Waals surface area contributed by atoms with Crippen molar-refractivity contribution >= 4 is 12.0 Å². The fourth-order valence-electron chi connectivity index (χ4n) is 3.35. The second-order valence-corrected chi connectivity index (χ2v) is 6.71. The molecule has 1 aliphatic rings. The van der Waals surface area contributed by atoms with E-state index in [0.29, 0.717) is 24.6 Å². The number of hydrogen-bond donors (Lipinski definition) is 1. The highest BCUT2D eigenvalue weighted by Crippen LogP contribution is 2.37. The SMILES string of the molecule is Cc1nc(C2(NC(=O)C=Cc3ccc(OC(F)F)cc3OC(F)F)CCCC2)no1. The van der Waals surface area contributed by atoms with Crippen LogP contribution in [-0.4, -0.2) is 29.3 Å². The van der Waals surface area contributed by atoms with Crippen LogP contribution in [0.1, 0.15) is 43.0 Å². The number of halogens is 4. The number of nitrogens with zero attached hydrogens (tertiary/aromatic N) is 2. The van der Waals surface area contributed by atoms with E-state index in [0.717, 1.165) is 31.1 Å². The molecule has 11 heteroatoms. The molecular formula is C19H19F4N3O4. The average molecular weight is 429 g/mol. The molecule has 1 aromatic heterocycles. The third-order valence-corrected chi connectivity index (χ3v) is 4.62. The van der Waals surface area contributed by atoms with Crippen LogP contribution < -0.4 is 14.8 Å². The lowest BCUT2D eigenvalue weighted by Gasteiger charge is -2.26. The molecule has 0 bridgehead atoms. The van der Waals surface area contributed by atoms with Crippen molar-refractivity contribution in [1.29, 1.82) is 0 Å². The molecule has 0 radical (unpaired) electrons. The highest BCUT2D eigenvalue weighted by atomic mass is 19.3. The lowest BCUT2D eigenvalue weighted by molar-refractivity contribution is -0.118. The molecule has 1 amide bonds. The van der Waals surface area contributed by atoms with Gasteiger partial charge in [-0.2, -0.15) is 22.5 Å². The molecular weight excluding hydrogens is 410 g/mol. The summed E-state index contributed by atoms with van der Waals surface area (Å²) < 4.78 is 63.6. The van der Waals surface area contributed by atoms with Crippen LogP contribution in [0.2, 0.25) is 0 Å². The van der Waals surface area contributed by atoms with Crippen molar-refractivity contribution in [2.24, 2.45) is 0 Å². The van der Waals surface area contributed by atoms with E-state index in [9.17, 15) is 22.4 Å². The molecule has 30 heavy (non-hydrogen) atoms. The molecule has 0 unspecified atom stereocenters. The first-order valence-electron chi connectivity index (χ1n) is 9.12. The van der Waals surface area contributed by atoms with Crippen molar-refractivity contribution < 1.29 is 36.4 Å². The number of rotatable bonds is 8. The predicted octanol–water partition coefficient (Wildman–Crippen LogP) is 4.18. The van der Waals surface area contributed by atoms with Crippen LogP contribution in [0.25, 0.3) is 6.08 Å². The Labute approximate surface area is 169 Å². The minimum Gasteiger partial charge on any atom is -0.435 e. The van der Waals surface area contributed by atoms with Gasteiger partial charge >= 0.3 is 13.2 Å². The van der Waals surface area contributed by atoms with Gasteiger partial charge in [0.1, 0.15) is 17.0 Å². The van der Waals surface area contributed by atoms with E-state index in [2.05, 4.69) is 24.9 Å². The number of ether oxygens (including phenoxy) is 2. The van der Waals surface area contributed by atoms with Gasteiger partial charge in [-0.05, 0) is 31.1 Å². The second kappa shape index (κ2) is 9.14. The maximum absolute atomic E-state index is 12.7. The van der Waals surface area contributed by atoms with E-state index in [4.69, 9.17) is 4.52 Å². The second-order valence-electron chi connectivity index (χ2n) is 6.71. The maximum atomic E-state index is 12.7. The summed E-state index contributed by atoms with van der Waals surface area (Å²) in [6.07, 6.45) is 5.37. The van der Waals surface area contributed by atoms with Crippen LogP contribution in [-0.2, 0) is 10.3 Å². The number of aromatic nitrogens is 2. The Hall–Kier alpha value is -3.11. The van der Waals surface area contributed by atoms with E-state index in [-0.39, 0.29) is 11.3 Å². The molecule has 0 atom stereocenters. The van der Waals surface area contributed by atoms with Gasteiger partial charge in [0.05, 0.1) is 0 Å². The zero-order valence-corrected chi connectivity index (χ0v) is 15.9. The van der Waals surface area contributed by atoms with Crippen molar-refractivity contribution in [2.75, 3.05) is 0 Å². The van der Waals surface area contributed by atoms with Crippen molar-refractivity contribution in [1.82, 2.24) is 15.5 Å². The number of aryl methyl sites for hydroxylation is 1. The molecule has 2 aromatic rings. The van der Waals surface area contributed by atoms with Gasteiger partial charge in [0, 0.05) is 24.6 Å². The first-order valence-corrected chi connectivity index (χ1v) is 9.12. The van der Waals surface area contributed by atoms with E-state index in [1.54, 1.807) is 6.92 Å². The van der Waals surface area contributed by atoms with Crippen molar-refractivity contribution in [3.8, 4) is 11.5 Å². The van der Waals surface area contributed by atoms with Gasteiger partial charge in [0.15, 0.2) is 5.82 Å². The van der Waals surface area contributed by atoms with E-state index < -0.39 is 30.4 Å². The standard InChI is InChI=1S/C19H19F4N3O4/c1-11-24-16(26-30-11)19(8-2-3-9-19)25-15(27)7-5-12-4-6-13(28-17(20)21)10-14(12)29-18(22)23/h4-7,10,17-18H,2-3,8-9H2,1H3,(H,25,27). The lowest BCUT2D eigenvalue weighted by atomic mass is 9.96. The first kappa shape index (κ1) is 21.6. The summed E-state index contributed by atoms with van der Waals surface area (Å²) in [5.41, 5.74) is -0.681. The fourth-order valence-corrected chi connectivity index (χ4v) is 3.35. The highest BCUT2D eigenvalue weighted by Gasteiger charge is 2.40. The molecule has 1 aliphatic carbocycles. The molecule has 1 aromatic carbocycles. The number of benzene rings is 1. The Bertz CT molecular complexity index is 911. The molecule has 3 rings (SSSR count). The summed E-state index contributed by atoms with van der Waals surface area (Å²) >= 11 is 0. The van der Waals surface area contributed by atoms with Crippen molar-refractivity contribution in [3.63, 3.8) is 0 Å². The van der Waals surface area contributed by atoms with Crippen LogP contribution >= 0.6 is 0 Å². The third-order valence-electron chi connectivity index (χ3n) is 4.62. The number of alkyl halides is 4. The Morgan fingerprint density at radius 1 is 1.20 bits per heavy atom. The predicted molar refractivity (Wildman–Crippen MR) is 96.1 cm³/mol. The fraction of sp³-hybridized carbons (Fsp3) is 0.421. The maximum Gasteiger partial charge on any atom is 0.387 e. The molecule has 162 valence electrons. The van der Waals surface area contributed by atoms with Crippen LogP contribution in [0.15, 0.2) is 28.8 Å². The normalized spacial score (nSPS) is 15.8. The topological polar surface area (TPSA) is 86.5 Å². The molecule has 1 heterocycles. The molecule has 1 saturated carbocycles. The third kappa shape index (κ3) is 5.28. The van der Waals surface area contributed by atoms with Crippen molar-refractivity contribution in [3.05, 3.63) is 41.6 Å². The highest BCUT2D eigenvalue weighted by molar-refractivity contribution is 5.92. The van der Waals surface area contributed by atoms with Gasteiger partial charge in [-0.3, -0.25) is 4.79 Å². The van der Waals surface area contributed by atoms with Crippen LogP contribution in [0, 0.1) is 6.92 Å². The van der Waals surface area contributed by atoms with Crippen LogP contribution in [0.3, 0.4) is 0 Å². The monoisotopic (exact) mass is 429 g/mol. The largest absolute Gasteiger partial charge is 0.435 e. The molecule has 1 N–H and O–H groups in total. The van der Waals surface area contributed by atoms with Gasteiger partial charge in [-0.1, -0.05) is 18.0 Å². The van der Waals surface area contributed by atoms with Crippen LogP contribution in [0.4, 0.5) is 17.6 Å². The molecule has 0 spiro atoms. The number of hydrogen-bond acceptors (Lipinski definition) is 6. The average Bonchev–Trinajstić information content (AvgIpc) is 3.30. The Balaban J connectivity index is 1.77.